The second kappa shape index (κ2) is 13.3. The van der Waals surface area contributed by atoms with E-state index in [9.17, 15) is 14.0 Å². The van der Waals surface area contributed by atoms with Crippen molar-refractivity contribution in [1.29, 1.82) is 0 Å². The molecule has 1 aliphatic rings. The molecule has 2 aromatic carbocycles. The first kappa shape index (κ1) is 30.7. The zero-order valence-corrected chi connectivity index (χ0v) is 25.5. The number of carbonyl (C=O) groups is 2. The lowest BCUT2D eigenvalue weighted by molar-refractivity contribution is 0.0949. The predicted octanol–water partition coefficient (Wildman–Crippen LogP) is 6.27. The highest BCUT2D eigenvalue weighted by Crippen LogP contribution is 2.28. The number of aryl methyl sites for hydroxylation is 1. The number of urea groups is 1. The van der Waals surface area contributed by atoms with Crippen LogP contribution in [-0.4, -0.2) is 57.8 Å². The molecule has 0 bridgehead atoms. The number of benzene rings is 2. The first-order valence-corrected chi connectivity index (χ1v) is 14.7. The van der Waals surface area contributed by atoms with Crippen LogP contribution in [0.15, 0.2) is 66.9 Å². The van der Waals surface area contributed by atoms with E-state index in [1.807, 2.05) is 27.7 Å². The summed E-state index contributed by atoms with van der Waals surface area (Å²) >= 11 is 0. The number of halogens is 1. The van der Waals surface area contributed by atoms with Gasteiger partial charge in [0, 0.05) is 54.2 Å². The molecule has 1 fully saturated rings. The third-order valence-corrected chi connectivity index (χ3v) is 7.30. The minimum absolute atomic E-state index is 0.0111. The van der Waals surface area contributed by atoms with E-state index in [1.54, 1.807) is 59.4 Å². The van der Waals surface area contributed by atoms with Gasteiger partial charge in [0.05, 0.1) is 17.1 Å². The first-order chi connectivity index (χ1) is 21.0. The van der Waals surface area contributed by atoms with Crippen LogP contribution in [0.2, 0.25) is 0 Å². The molecular formula is C33H38FN7O3. The van der Waals surface area contributed by atoms with Crippen molar-refractivity contribution in [3.63, 3.8) is 0 Å². The fourth-order valence-electron chi connectivity index (χ4n) is 4.87. The van der Waals surface area contributed by atoms with Gasteiger partial charge >= 0.3 is 6.03 Å². The second-order valence-electron chi connectivity index (χ2n) is 11.9. The van der Waals surface area contributed by atoms with Crippen molar-refractivity contribution in [3.05, 3.63) is 89.6 Å². The van der Waals surface area contributed by atoms with Gasteiger partial charge in [-0.2, -0.15) is 5.10 Å². The average Bonchev–Trinajstić information content (AvgIpc) is 3.65. The van der Waals surface area contributed by atoms with Crippen molar-refractivity contribution in [3.8, 4) is 17.2 Å². The number of ether oxygens (including phenoxy) is 1. The number of pyridine rings is 1. The SMILES string of the molecule is Cc1cc(Oc2ccc(NC(=O)Nc3cc(C(C)(C)C)nn3-c3ccc(C(=O)NCCN4CCCC4)cc3)c(F)c2)ccn1. The van der Waals surface area contributed by atoms with Gasteiger partial charge in [-0.05, 0) is 75.3 Å². The lowest BCUT2D eigenvalue weighted by atomic mass is 9.92. The zero-order chi connectivity index (χ0) is 31.3. The average molecular weight is 600 g/mol. The Hall–Kier alpha value is -4.77. The highest BCUT2D eigenvalue weighted by Gasteiger charge is 2.22. The summed E-state index contributed by atoms with van der Waals surface area (Å²) in [6, 6.07) is 15.8. The summed E-state index contributed by atoms with van der Waals surface area (Å²) in [5.41, 5.74) is 2.40. The van der Waals surface area contributed by atoms with Gasteiger partial charge < -0.3 is 20.3 Å². The quantitative estimate of drug-likeness (QED) is 0.209. The van der Waals surface area contributed by atoms with Gasteiger partial charge in [0.15, 0.2) is 0 Å². The third kappa shape index (κ3) is 7.78. The summed E-state index contributed by atoms with van der Waals surface area (Å²) in [4.78, 5) is 32.2. The molecular weight excluding hydrogens is 561 g/mol. The molecule has 0 spiro atoms. The highest BCUT2D eigenvalue weighted by molar-refractivity contribution is 5.99. The number of hydrogen-bond acceptors (Lipinski definition) is 6. The van der Waals surface area contributed by atoms with Gasteiger partial charge in [-0.25, -0.2) is 13.9 Å². The number of aromatic nitrogens is 3. The fraction of sp³-hybridized carbons (Fsp3) is 0.333. The number of carbonyl (C=O) groups excluding carboxylic acids is 2. The number of anilines is 2. The summed E-state index contributed by atoms with van der Waals surface area (Å²) in [6.07, 6.45) is 4.04. The van der Waals surface area contributed by atoms with E-state index in [1.165, 1.54) is 25.0 Å². The van der Waals surface area contributed by atoms with Gasteiger partial charge in [0.1, 0.15) is 23.1 Å². The van der Waals surface area contributed by atoms with Crippen LogP contribution in [-0.2, 0) is 5.41 Å². The minimum Gasteiger partial charge on any atom is -0.457 e. The standard InChI is InChI=1S/C33H38FN7O3/c1-22-19-26(13-14-35-22)44-25-11-12-28(27(34)20-25)37-32(43)38-30-21-29(33(2,3)4)39-41(30)24-9-7-23(8-10-24)31(42)36-15-18-40-16-5-6-17-40/h7-14,19-21H,5-6,15-18H2,1-4H3,(H,36,42)(H2,37,38,43). The van der Waals surface area contributed by atoms with Crippen molar-refractivity contribution < 1.29 is 18.7 Å². The molecule has 5 rings (SSSR count). The van der Waals surface area contributed by atoms with Gasteiger partial charge in [0.2, 0.25) is 0 Å². The van der Waals surface area contributed by atoms with E-state index in [4.69, 9.17) is 9.84 Å². The summed E-state index contributed by atoms with van der Waals surface area (Å²) in [5, 5.41) is 13.1. The smallest absolute Gasteiger partial charge is 0.324 e. The van der Waals surface area contributed by atoms with Crippen molar-refractivity contribution in [2.75, 3.05) is 36.8 Å². The van der Waals surface area contributed by atoms with Crippen LogP contribution < -0.4 is 20.7 Å². The number of hydrogen-bond donors (Lipinski definition) is 3. The van der Waals surface area contributed by atoms with Crippen LogP contribution >= 0.6 is 0 Å². The Morgan fingerprint density at radius 2 is 1.68 bits per heavy atom. The van der Waals surface area contributed by atoms with Crippen molar-refractivity contribution >= 4 is 23.4 Å². The molecule has 0 unspecified atom stereocenters. The number of likely N-dealkylation sites (tertiary alicyclic amines) is 1. The van der Waals surface area contributed by atoms with Crippen molar-refractivity contribution in [1.82, 2.24) is 25.0 Å². The first-order valence-electron chi connectivity index (χ1n) is 14.7. The van der Waals surface area contributed by atoms with Gasteiger partial charge in [-0.15, -0.1) is 0 Å². The molecule has 4 aromatic rings. The molecule has 3 N–H and O–H groups in total. The lowest BCUT2D eigenvalue weighted by Gasteiger charge is -2.15. The number of rotatable bonds is 9. The van der Waals surface area contributed by atoms with Crippen molar-refractivity contribution in [2.24, 2.45) is 0 Å². The molecule has 230 valence electrons. The lowest BCUT2D eigenvalue weighted by Crippen LogP contribution is -2.33. The molecule has 0 atom stereocenters. The summed E-state index contributed by atoms with van der Waals surface area (Å²) in [6.45, 7) is 11.5. The molecule has 10 nitrogen and oxygen atoms in total. The number of nitrogens with zero attached hydrogens (tertiary/aromatic N) is 4. The van der Waals surface area contributed by atoms with Crippen LogP contribution in [0.25, 0.3) is 5.69 Å². The Morgan fingerprint density at radius 3 is 2.36 bits per heavy atom. The molecule has 0 saturated carbocycles. The molecule has 44 heavy (non-hydrogen) atoms. The Kier molecular flexibility index (Phi) is 9.24. The number of nitrogens with one attached hydrogen (secondary N) is 3. The molecule has 2 aromatic heterocycles. The topological polar surface area (TPSA) is 113 Å². The molecule has 3 amide bonds. The van der Waals surface area contributed by atoms with Crippen LogP contribution in [0.3, 0.4) is 0 Å². The normalized spacial score (nSPS) is 13.5. The van der Waals surface area contributed by atoms with E-state index in [0.29, 0.717) is 29.4 Å². The minimum atomic E-state index is -0.651. The van der Waals surface area contributed by atoms with Crippen LogP contribution in [0.4, 0.5) is 20.7 Å². The molecule has 0 aliphatic carbocycles. The molecule has 0 radical (unpaired) electrons. The van der Waals surface area contributed by atoms with E-state index >= 15 is 0 Å². The summed E-state index contributed by atoms with van der Waals surface area (Å²) < 4.78 is 22.2. The van der Waals surface area contributed by atoms with Gasteiger partial charge in [-0.3, -0.25) is 15.1 Å². The summed E-state index contributed by atoms with van der Waals surface area (Å²) in [5.74, 6) is 0.420. The zero-order valence-electron chi connectivity index (χ0n) is 25.5. The fourth-order valence-corrected chi connectivity index (χ4v) is 4.87. The van der Waals surface area contributed by atoms with Crippen LogP contribution in [0.5, 0.6) is 11.5 Å². The Morgan fingerprint density at radius 1 is 0.955 bits per heavy atom. The molecule has 3 heterocycles. The maximum absolute atomic E-state index is 14.9. The van der Waals surface area contributed by atoms with Crippen LogP contribution in [0.1, 0.15) is 55.4 Å². The molecule has 11 heteroatoms. The molecule has 1 saturated heterocycles. The summed E-state index contributed by atoms with van der Waals surface area (Å²) in [7, 11) is 0. The Balaban J connectivity index is 1.26. The maximum atomic E-state index is 14.9. The van der Waals surface area contributed by atoms with Crippen LogP contribution in [0, 0.1) is 12.7 Å². The number of amides is 3. The third-order valence-electron chi connectivity index (χ3n) is 7.30. The van der Waals surface area contributed by atoms with E-state index in [2.05, 4.69) is 25.8 Å². The van der Waals surface area contributed by atoms with Crippen molar-refractivity contribution in [2.45, 2.75) is 46.0 Å². The molecule has 1 aliphatic heterocycles. The second-order valence-corrected chi connectivity index (χ2v) is 11.9. The van der Waals surface area contributed by atoms with E-state index < -0.39 is 11.8 Å². The monoisotopic (exact) mass is 599 g/mol. The Labute approximate surface area is 256 Å². The van der Waals surface area contributed by atoms with Gasteiger partial charge in [-0.1, -0.05) is 20.8 Å². The predicted molar refractivity (Wildman–Crippen MR) is 168 cm³/mol. The maximum Gasteiger partial charge on any atom is 0.324 e. The Bertz CT molecular complexity index is 1620. The largest absolute Gasteiger partial charge is 0.457 e. The van der Waals surface area contributed by atoms with Gasteiger partial charge in [0.25, 0.3) is 5.91 Å². The van der Waals surface area contributed by atoms with E-state index in [0.717, 1.165) is 31.0 Å². The van der Waals surface area contributed by atoms with E-state index in [-0.39, 0.29) is 22.8 Å². The highest BCUT2D eigenvalue weighted by atomic mass is 19.1.